The van der Waals surface area contributed by atoms with Crippen molar-refractivity contribution in [1.82, 2.24) is 0 Å². The van der Waals surface area contributed by atoms with Gasteiger partial charge in [0.25, 0.3) is 0 Å². The van der Waals surface area contributed by atoms with Crippen molar-refractivity contribution >= 4 is 7.82 Å². The first-order chi connectivity index (χ1) is 17.7. The number of phosphoric ester groups is 1. The van der Waals surface area contributed by atoms with Gasteiger partial charge in [-0.3, -0.25) is 4.52 Å². The minimum Gasteiger partial charge on any atom is -0.394 e. The zero-order valence-corrected chi connectivity index (χ0v) is 20.3. The van der Waals surface area contributed by atoms with E-state index < -0.39 is 120 Å². The van der Waals surface area contributed by atoms with Crippen molar-refractivity contribution in [3.05, 3.63) is 0 Å². The van der Waals surface area contributed by atoms with Gasteiger partial charge in [-0.2, -0.15) is 0 Å². The molecular weight excluding hydrogens is 551 g/mol. The predicted molar refractivity (Wildman–Crippen MR) is 112 cm³/mol. The highest BCUT2D eigenvalue weighted by atomic mass is 31.2. The van der Waals surface area contributed by atoms with Crippen molar-refractivity contribution < 1.29 is 93.6 Å². The van der Waals surface area contributed by atoms with Gasteiger partial charge in [-0.15, -0.1) is 0 Å². The Morgan fingerprint density at radius 2 is 1.00 bits per heavy atom. The summed E-state index contributed by atoms with van der Waals surface area (Å²) in [4.78, 5) is 18.2. The van der Waals surface area contributed by atoms with Gasteiger partial charge in [0.2, 0.25) is 0 Å². The molecular formula is C18H33O19P. The highest BCUT2D eigenvalue weighted by molar-refractivity contribution is 7.46. The van der Waals surface area contributed by atoms with Gasteiger partial charge in [-0.25, -0.2) is 4.57 Å². The van der Waals surface area contributed by atoms with Crippen molar-refractivity contribution in [2.24, 2.45) is 0 Å². The second kappa shape index (κ2) is 13.0. The molecule has 0 bridgehead atoms. The second-order valence-corrected chi connectivity index (χ2v) is 10.1. The Labute approximate surface area is 214 Å². The van der Waals surface area contributed by atoms with E-state index in [-0.39, 0.29) is 0 Å². The molecule has 0 aromatic rings. The summed E-state index contributed by atoms with van der Waals surface area (Å²) in [6.45, 7) is -2.64. The van der Waals surface area contributed by atoms with Crippen LogP contribution >= 0.6 is 7.82 Å². The summed E-state index contributed by atoms with van der Waals surface area (Å²) in [6.07, 6.45) is -27.3. The summed E-state index contributed by atoms with van der Waals surface area (Å²) in [7, 11) is -5.27. The molecule has 3 aliphatic heterocycles. The van der Waals surface area contributed by atoms with Crippen LogP contribution in [-0.2, 0) is 32.8 Å². The number of aliphatic hydroxyl groups excluding tert-OH is 10. The van der Waals surface area contributed by atoms with Crippen LogP contribution < -0.4 is 0 Å². The van der Waals surface area contributed by atoms with Gasteiger partial charge in [-0.1, -0.05) is 0 Å². The van der Waals surface area contributed by atoms with Crippen LogP contribution in [0.25, 0.3) is 0 Å². The second-order valence-electron chi connectivity index (χ2n) is 8.90. The Kier molecular flexibility index (Phi) is 11.0. The Bertz CT molecular complexity index is 796. The van der Waals surface area contributed by atoms with Crippen LogP contribution in [0.2, 0.25) is 0 Å². The van der Waals surface area contributed by atoms with Crippen LogP contribution in [0.3, 0.4) is 0 Å². The molecule has 3 saturated heterocycles. The molecule has 20 heteroatoms. The number of phosphoric acid groups is 1. The fourth-order valence-electron chi connectivity index (χ4n) is 4.33. The third-order valence-electron chi connectivity index (χ3n) is 6.32. The molecule has 3 heterocycles. The van der Waals surface area contributed by atoms with Crippen LogP contribution in [-0.4, -0.2) is 173 Å². The van der Waals surface area contributed by atoms with E-state index >= 15 is 0 Å². The number of hydrogen-bond acceptors (Lipinski definition) is 17. The summed E-state index contributed by atoms with van der Waals surface area (Å²) < 4.78 is 42.0. The molecule has 0 spiro atoms. The molecule has 3 fully saturated rings. The number of ether oxygens (including phenoxy) is 5. The van der Waals surface area contributed by atoms with Crippen LogP contribution in [0.5, 0.6) is 0 Å². The van der Waals surface area contributed by atoms with E-state index in [4.69, 9.17) is 33.5 Å². The molecule has 3 aliphatic rings. The van der Waals surface area contributed by atoms with Crippen molar-refractivity contribution in [3.63, 3.8) is 0 Å². The SMILES string of the molecule is O=P(O)(O)O[C@@H]1[C@@H](O)[C@@H](O[C@H]2[C@H](O)[C@@H](O)[C@@H](O[C@H]3[C@H](O)[C@@H](O)[C@@H](O)O[C@@H]3CO)O[C@@H]2CO)O[C@H](CO)[C@H]1O. The van der Waals surface area contributed by atoms with Gasteiger partial charge in [0.15, 0.2) is 18.9 Å². The van der Waals surface area contributed by atoms with E-state index in [2.05, 4.69) is 4.52 Å². The molecule has 0 unspecified atom stereocenters. The zero-order valence-electron chi connectivity index (χ0n) is 19.5. The smallest absolute Gasteiger partial charge is 0.394 e. The molecule has 224 valence electrons. The summed E-state index contributed by atoms with van der Waals surface area (Å²) in [5.41, 5.74) is 0. The molecule has 38 heavy (non-hydrogen) atoms. The van der Waals surface area contributed by atoms with E-state index in [0.29, 0.717) is 0 Å². The van der Waals surface area contributed by atoms with Gasteiger partial charge in [0.1, 0.15) is 73.2 Å². The van der Waals surface area contributed by atoms with Gasteiger partial charge >= 0.3 is 7.82 Å². The lowest BCUT2D eigenvalue weighted by atomic mass is 9.96. The van der Waals surface area contributed by atoms with E-state index in [1.165, 1.54) is 0 Å². The molecule has 0 radical (unpaired) electrons. The van der Waals surface area contributed by atoms with E-state index in [9.17, 15) is 55.6 Å². The Morgan fingerprint density at radius 1 is 0.553 bits per heavy atom. The maximum Gasteiger partial charge on any atom is 0.470 e. The highest BCUT2D eigenvalue weighted by Gasteiger charge is 2.54. The average Bonchev–Trinajstić information content (AvgIpc) is 2.86. The molecule has 19 nitrogen and oxygen atoms in total. The van der Waals surface area contributed by atoms with E-state index in [1.807, 2.05) is 0 Å². The summed E-state index contributed by atoms with van der Waals surface area (Å²) in [6, 6.07) is 0. The summed E-state index contributed by atoms with van der Waals surface area (Å²) >= 11 is 0. The van der Waals surface area contributed by atoms with Crippen LogP contribution in [0.4, 0.5) is 0 Å². The van der Waals surface area contributed by atoms with Gasteiger partial charge in [0, 0.05) is 0 Å². The van der Waals surface area contributed by atoms with E-state index in [1.54, 1.807) is 0 Å². The van der Waals surface area contributed by atoms with Crippen molar-refractivity contribution in [1.29, 1.82) is 0 Å². The molecule has 0 aromatic carbocycles. The molecule has 15 atom stereocenters. The highest BCUT2D eigenvalue weighted by Crippen LogP contribution is 2.42. The Hall–Kier alpha value is -0.490. The molecule has 3 rings (SSSR count). The van der Waals surface area contributed by atoms with Gasteiger partial charge in [-0.05, 0) is 0 Å². The summed E-state index contributed by atoms with van der Waals surface area (Å²) in [5.74, 6) is 0. The zero-order chi connectivity index (χ0) is 28.5. The molecule has 0 amide bonds. The topological polar surface area (TPSA) is 315 Å². The minimum absolute atomic E-state index is 0.807. The van der Waals surface area contributed by atoms with Crippen molar-refractivity contribution in [3.8, 4) is 0 Å². The fourth-order valence-corrected chi connectivity index (χ4v) is 4.89. The third-order valence-corrected chi connectivity index (χ3v) is 6.84. The lowest BCUT2D eigenvalue weighted by Gasteiger charge is -2.48. The third kappa shape index (κ3) is 6.86. The largest absolute Gasteiger partial charge is 0.470 e. The standard InChI is InChI=1S/C18H33O19P/c19-1-4-7(22)15(37-38(29,30)31)12(27)18(33-4)36-14-6(3-21)34-17(11(26)9(14)24)35-13-5(2-20)32-16(28)10(25)8(13)23/h4-28H,1-3H2,(H2,29,30,31)/t4-,5-,6-,7-,8-,9-,10-,11-,12-,13-,14-,15+,16+,17-,18-/m1/s1. The number of rotatable bonds is 9. The Balaban J connectivity index is 1.75. The van der Waals surface area contributed by atoms with Crippen molar-refractivity contribution in [2.75, 3.05) is 19.8 Å². The maximum atomic E-state index is 11.3. The van der Waals surface area contributed by atoms with Gasteiger partial charge in [0.05, 0.1) is 19.8 Å². The van der Waals surface area contributed by atoms with Gasteiger partial charge < -0.3 is 84.5 Å². The van der Waals surface area contributed by atoms with Crippen LogP contribution in [0.1, 0.15) is 0 Å². The molecule has 0 aliphatic carbocycles. The predicted octanol–water partition coefficient (Wildman–Crippen LogP) is -7.46. The van der Waals surface area contributed by atoms with E-state index in [0.717, 1.165) is 0 Å². The van der Waals surface area contributed by atoms with Crippen LogP contribution in [0.15, 0.2) is 0 Å². The number of aliphatic hydroxyl groups is 10. The quantitative estimate of drug-likeness (QED) is 0.112. The summed E-state index contributed by atoms with van der Waals surface area (Å²) in [5, 5.41) is 100. The average molecular weight is 584 g/mol. The first-order valence-electron chi connectivity index (χ1n) is 11.3. The first kappa shape index (κ1) is 32.0. The minimum atomic E-state index is -5.27. The van der Waals surface area contributed by atoms with Crippen LogP contribution in [0, 0.1) is 0 Å². The fraction of sp³-hybridized carbons (Fsp3) is 1.00. The monoisotopic (exact) mass is 584 g/mol. The molecule has 0 aromatic heterocycles. The Morgan fingerprint density at radius 3 is 1.50 bits per heavy atom. The molecule has 12 N–H and O–H groups in total. The maximum absolute atomic E-state index is 11.3. The normalized spacial score (nSPS) is 48.7. The lowest BCUT2D eigenvalue weighted by Crippen LogP contribution is -2.66. The first-order valence-corrected chi connectivity index (χ1v) is 12.9. The number of hydrogen-bond donors (Lipinski definition) is 12. The molecule has 0 saturated carbocycles. The lowest BCUT2D eigenvalue weighted by molar-refractivity contribution is -0.377. The van der Waals surface area contributed by atoms with Crippen molar-refractivity contribution in [2.45, 2.75) is 92.1 Å².